The van der Waals surface area contributed by atoms with E-state index in [4.69, 9.17) is 4.74 Å². The van der Waals surface area contributed by atoms with Crippen molar-refractivity contribution < 1.29 is 4.74 Å². The highest BCUT2D eigenvalue weighted by Crippen LogP contribution is 2.14. The summed E-state index contributed by atoms with van der Waals surface area (Å²) in [5, 5.41) is 0. The number of hydrogen-bond donors (Lipinski definition) is 0. The van der Waals surface area contributed by atoms with Crippen molar-refractivity contribution in [1.82, 2.24) is 0 Å². The zero-order valence-electron chi connectivity index (χ0n) is 7.33. The summed E-state index contributed by atoms with van der Waals surface area (Å²) in [6.45, 7) is 5.15. The Morgan fingerprint density at radius 2 is 2.45 bits per heavy atom. The number of hydrogen-bond acceptors (Lipinski definition) is 3. The lowest BCUT2D eigenvalue weighted by Crippen LogP contribution is -2.13. The van der Waals surface area contributed by atoms with Crippen LogP contribution in [0.4, 0.5) is 0 Å². The molecule has 64 valence electrons. The molecule has 0 saturated carbocycles. The van der Waals surface area contributed by atoms with Crippen LogP contribution in [0.15, 0.2) is 4.99 Å². The van der Waals surface area contributed by atoms with Gasteiger partial charge in [-0.05, 0) is 12.2 Å². The van der Waals surface area contributed by atoms with Gasteiger partial charge in [0.2, 0.25) is 0 Å². The molecular weight excluding hydrogens is 158 g/mol. The summed E-state index contributed by atoms with van der Waals surface area (Å²) in [5.41, 5.74) is 0. The van der Waals surface area contributed by atoms with E-state index in [1.165, 1.54) is 0 Å². The van der Waals surface area contributed by atoms with Crippen LogP contribution in [-0.2, 0) is 4.74 Å². The molecule has 3 heteroatoms. The third-order valence-corrected chi connectivity index (χ3v) is 2.30. The van der Waals surface area contributed by atoms with Crippen molar-refractivity contribution >= 4 is 17.7 Å². The second-order valence-corrected chi connectivity index (χ2v) is 3.94. The van der Waals surface area contributed by atoms with E-state index in [-0.39, 0.29) is 0 Å². The Bertz CT molecular complexity index is 156. The summed E-state index contributed by atoms with van der Waals surface area (Å²) in [6, 6.07) is 0.400. The topological polar surface area (TPSA) is 21.6 Å². The van der Waals surface area contributed by atoms with E-state index in [1.54, 1.807) is 11.8 Å². The minimum Gasteiger partial charge on any atom is -0.478 e. The molecule has 0 aromatic heterocycles. The number of thioether (sulfide) groups is 1. The van der Waals surface area contributed by atoms with Crippen LogP contribution < -0.4 is 0 Å². The molecule has 0 fully saturated rings. The van der Waals surface area contributed by atoms with Gasteiger partial charge in [-0.1, -0.05) is 13.8 Å². The Morgan fingerprint density at radius 3 is 2.91 bits per heavy atom. The van der Waals surface area contributed by atoms with Gasteiger partial charge >= 0.3 is 0 Å². The molecule has 0 spiro atoms. The maximum Gasteiger partial charge on any atom is 0.193 e. The Labute approximate surface area is 72.4 Å². The van der Waals surface area contributed by atoms with Crippen LogP contribution in [-0.4, -0.2) is 30.6 Å². The molecule has 0 unspecified atom stereocenters. The van der Waals surface area contributed by atoms with E-state index >= 15 is 0 Å². The molecule has 1 rings (SSSR count). The van der Waals surface area contributed by atoms with Gasteiger partial charge in [-0.3, -0.25) is 0 Å². The molecule has 0 aliphatic carbocycles. The molecule has 0 aromatic rings. The molecule has 0 radical (unpaired) electrons. The fourth-order valence-electron chi connectivity index (χ4n) is 0.985. The molecule has 0 aromatic carbocycles. The summed E-state index contributed by atoms with van der Waals surface area (Å²) in [4.78, 5) is 4.45. The highest BCUT2D eigenvalue weighted by atomic mass is 32.2. The highest BCUT2D eigenvalue weighted by molar-refractivity contribution is 7.99. The Morgan fingerprint density at radius 1 is 1.73 bits per heavy atom. The first kappa shape index (κ1) is 8.91. The molecule has 0 saturated heterocycles. The quantitative estimate of drug-likeness (QED) is 0.649. The summed E-state index contributed by atoms with van der Waals surface area (Å²) >= 11 is 1.76. The third-order valence-electron chi connectivity index (χ3n) is 1.77. The molecule has 2 nitrogen and oxygen atoms in total. The van der Waals surface area contributed by atoms with Crippen LogP contribution in [0.25, 0.3) is 0 Å². The average molecular weight is 173 g/mol. The van der Waals surface area contributed by atoms with Crippen molar-refractivity contribution in [3.05, 3.63) is 0 Å². The average Bonchev–Trinajstić information content (AvgIpc) is 2.37. The maximum atomic E-state index is 5.40. The van der Waals surface area contributed by atoms with Gasteiger partial charge in [0, 0.05) is 0 Å². The first-order chi connectivity index (χ1) is 5.24. The van der Waals surface area contributed by atoms with Gasteiger partial charge in [-0.2, -0.15) is 11.8 Å². The van der Waals surface area contributed by atoms with Crippen molar-refractivity contribution in [3.63, 3.8) is 0 Å². The van der Waals surface area contributed by atoms with Crippen LogP contribution in [0.5, 0.6) is 0 Å². The lowest BCUT2D eigenvalue weighted by molar-refractivity contribution is 0.290. The van der Waals surface area contributed by atoms with E-state index in [0.717, 1.165) is 18.3 Å². The molecule has 1 aliphatic heterocycles. The lowest BCUT2D eigenvalue weighted by atomic mass is 10.1. The molecular formula is C8H15NOS. The normalized spacial score (nSPS) is 23.6. The van der Waals surface area contributed by atoms with E-state index in [0.29, 0.717) is 12.0 Å². The molecule has 1 aliphatic rings. The van der Waals surface area contributed by atoms with Crippen LogP contribution in [0, 0.1) is 5.92 Å². The molecule has 0 N–H and O–H groups in total. The SMILES string of the molecule is CSCC1=N[C@H](C(C)C)CO1. The number of nitrogens with zero attached hydrogens (tertiary/aromatic N) is 1. The largest absolute Gasteiger partial charge is 0.478 e. The van der Waals surface area contributed by atoms with Crippen molar-refractivity contribution in [1.29, 1.82) is 0 Å². The van der Waals surface area contributed by atoms with Gasteiger partial charge < -0.3 is 4.74 Å². The molecule has 11 heavy (non-hydrogen) atoms. The predicted molar refractivity (Wildman–Crippen MR) is 50.4 cm³/mol. The van der Waals surface area contributed by atoms with E-state index < -0.39 is 0 Å². The minimum absolute atomic E-state index is 0.400. The van der Waals surface area contributed by atoms with Crippen molar-refractivity contribution in [2.24, 2.45) is 10.9 Å². The molecule has 0 amide bonds. The minimum atomic E-state index is 0.400. The Hall–Kier alpha value is -0.180. The summed E-state index contributed by atoms with van der Waals surface area (Å²) in [7, 11) is 0. The number of aliphatic imine (C=N–C) groups is 1. The second-order valence-electron chi connectivity index (χ2n) is 3.08. The summed E-state index contributed by atoms with van der Waals surface area (Å²) < 4.78 is 5.40. The van der Waals surface area contributed by atoms with Gasteiger partial charge in [-0.25, -0.2) is 4.99 Å². The Balaban J connectivity index is 2.40. The zero-order chi connectivity index (χ0) is 8.27. The van der Waals surface area contributed by atoms with Crippen LogP contribution >= 0.6 is 11.8 Å². The monoisotopic (exact) mass is 173 g/mol. The summed E-state index contributed by atoms with van der Waals surface area (Å²) in [5.74, 6) is 2.45. The lowest BCUT2D eigenvalue weighted by Gasteiger charge is -2.06. The highest BCUT2D eigenvalue weighted by Gasteiger charge is 2.20. The smallest absolute Gasteiger partial charge is 0.193 e. The van der Waals surface area contributed by atoms with Gasteiger partial charge in [-0.15, -0.1) is 0 Å². The van der Waals surface area contributed by atoms with E-state index in [1.807, 2.05) is 0 Å². The number of rotatable bonds is 3. The van der Waals surface area contributed by atoms with E-state index in [9.17, 15) is 0 Å². The van der Waals surface area contributed by atoms with Crippen molar-refractivity contribution in [2.45, 2.75) is 19.9 Å². The zero-order valence-corrected chi connectivity index (χ0v) is 8.15. The predicted octanol–water partition coefficient (Wildman–Crippen LogP) is 1.80. The van der Waals surface area contributed by atoms with Crippen molar-refractivity contribution in [3.8, 4) is 0 Å². The molecule has 0 bridgehead atoms. The molecule has 1 atom stereocenters. The van der Waals surface area contributed by atoms with Crippen molar-refractivity contribution in [2.75, 3.05) is 18.6 Å². The summed E-state index contributed by atoms with van der Waals surface area (Å²) in [6.07, 6.45) is 2.06. The fourth-order valence-corrected chi connectivity index (χ4v) is 1.39. The standard InChI is InChI=1S/C8H15NOS/c1-6(2)7-4-10-8(9-7)5-11-3/h6-7H,4-5H2,1-3H3/t7-/m0/s1. The third kappa shape index (κ3) is 2.40. The first-order valence-electron chi connectivity index (χ1n) is 3.92. The van der Waals surface area contributed by atoms with Gasteiger partial charge in [0.15, 0.2) is 5.90 Å². The van der Waals surface area contributed by atoms with Crippen LogP contribution in [0.3, 0.4) is 0 Å². The van der Waals surface area contributed by atoms with Gasteiger partial charge in [0.25, 0.3) is 0 Å². The first-order valence-corrected chi connectivity index (χ1v) is 5.32. The Kier molecular flexibility index (Phi) is 3.24. The fraction of sp³-hybridized carbons (Fsp3) is 0.875. The van der Waals surface area contributed by atoms with Gasteiger partial charge in [0.05, 0.1) is 11.8 Å². The van der Waals surface area contributed by atoms with Gasteiger partial charge in [0.1, 0.15) is 6.61 Å². The second kappa shape index (κ2) is 4.00. The molecule has 1 heterocycles. The number of ether oxygens (including phenoxy) is 1. The van der Waals surface area contributed by atoms with E-state index in [2.05, 4.69) is 25.1 Å². The van der Waals surface area contributed by atoms with Crippen LogP contribution in [0.1, 0.15) is 13.8 Å². The van der Waals surface area contributed by atoms with Crippen LogP contribution in [0.2, 0.25) is 0 Å². The maximum absolute atomic E-state index is 5.40.